The molecule has 2 heterocycles. The van der Waals surface area contributed by atoms with Crippen LogP contribution in [-0.2, 0) is 11.8 Å². The summed E-state index contributed by atoms with van der Waals surface area (Å²) in [4.78, 5) is 32.4. The molecule has 32 heavy (non-hydrogen) atoms. The molecule has 0 N–H and O–H groups in total. The SMILES string of the molecule is Cc1nc(-c2ccc(-c3ccc(F)cc3)cc2)n(C)c(=O)c1C1CCN(C(=O)C2CC2)C1. The van der Waals surface area contributed by atoms with E-state index in [0.717, 1.165) is 53.8 Å². The average molecular weight is 432 g/mol. The summed E-state index contributed by atoms with van der Waals surface area (Å²) in [6.07, 6.45) is 2.80. The predicted molar refractivity (Wildman–Crippen MR) is 122 cm³/mol. The highest BCUT2D eigenvalue weighted by molar-refractivity contribution is 5.81. The minimum atomic E-state index is -0.262. The number of amides is 1. The molecule has 164 valence electrons. The van der Waals surface area contributed by atoms with Gasteiger partial charge in [0.2, 0.25) is 5.91 Å². The Labute approximate surface area is 186 Å². The van der Waals surface area contributed by atoms with Crippen molar-refractivity contribution >= 4 is 5.91 Å². The molecule has 1 saturated carbocycles. The molecule has 0 radical (unpaired) electrons. The van der Waals surface area contributed by atoms with Crippen LogP contribution >= 0.6 is 0 Å². The monoisotopic (exact) mass is 431 g/mol. The van der Waals surface area contributed by atoms with Gasteiger partial charge in [-0.15, -0.1) is 0 Å². The fourth-order valence-corrected chi connectivity index (χ4v) is 4.69. The molecule has 6 heteroatoms. The van der Waals surface area contributed by atoms with Crippen molar-refractivity contribution in [3.8, 4) is 22.5 Å². The van der Waals surface area contributed by atoms with Crippen LogP contribution in [-0.4, -0.2) is 33.4 Å². The van der Waals surface area contributed by atoms with Gasteiger partial charge >= 0.3 is 0 Å². The lowest BCUT2D eigenvalue weighted by molar-refractivity contribution is -0.131. The number of hydrogen-bond donors (Lipinski definition) is 0. The molecule has 2 aliphatic rings. The summed E-state index contributed by atoms with van der Waals surface area (Å²) < 4.78 is 14.8. The van der Waals surface area contributed by atoms with Crippen LogP contribution in [0, 0.1) is 18.7 Å². The van der Waals surface area contributed by atoms with E-state index in [1.165, 1.54) is 12.1 Å². The number of halogens is 1. The second-order valence-electron chi connectivity index (χ2n) is 8.93. The van der Waals surface area contributed by atoms with E-state index < -0.39 is 0 Å². The van der Waals surface area contributed by atoms with Crippen LogP contribution in [0.15, 0.2) is 53.3 Å². The molecule has 2 aromatic carbocycles. The van der Waals surface area contributed by atoms with Crippen LogP contribution in [0.25, 0.3) is 22.5 Å². The smallest absolute Gasteiger partial charge is 0.257 e. The second-order valence-corrected chi connectivity index (χ2v) is 8.93. The van der Waals surface area contributed by atoms with Crippen molar-refractivity contribution in [2.45, 2.75) is 32.1 Å². The molecule has 0 bridgehead atoms. The first-order valence-electron chi connectivity index (χ1n) is 11.1. The van der Waals surface area contributed by atoms with Crippen LogP contribution in [0.2, 0.25) is 0 Å². The molecule has 1 saturated heterocycles. The molecule has 1 aliphatic carbocycles. The Morgan fingerprint density at radius 2 is 1.56 bits per heavy atom. The largest absolute Gasteiger partial charge is 0.342 e. The highest BCUT2D eigenvalue weighted by Crippen LogP contribution is 2.35. The number of likely N-dealkylation sites (tertiary alicyclic amines) is 1. The average Bonchev–Trinajstić information content (AvgIpc) is 3.54. The fraction of sp³-hybridized carbons (Fsp3) is 0.346. The molecule has 1 amide bonds. The standard InChI is InChI=1S/C26H26FN3O2/c1-16-23(21-13-14-30(15-21)25(31)20-7-8-20)26(32)29(2)24(28-16)19-5-3-17(4-6-19)18-9-11-22(27)12-10-18/h3-6,9-12,20-21H,7-8,13-15H2,1-2H3. The van der Waals surface area contributed by atoms with E-state index in [0.29, 0.717) is 12.4 Å². The number of carbonyl (C=O) groups is 1. The van der Waals surface area contributed by atoms with E-state index >= 15 is 0 Å². The molecule has 1 unspecified atom stereocenters. The minimum absolute atomic E-state index is 0.0406. The maximum absolute atomic E-state index is 13.3. The quantitative estimate of drug-likeness (QED) is 0.619. The molecule has 5 rings (SSSR count). The van der Waals surface area contributed by atoms with Crippen molar-refractivity contribution in [2.75, 3.05) is 13.1 Å². The van der Waals surface area contributed by atoms with Gasteiger partial charge in [-0.3, -0.25) is 14.2 Å². The lowest BCUT2D eigenvalue weighted by atomic mass is 9.97. The molecule has 1 aliphatic heterocycles. The Balaban J connectivity index is 1.42. The number of hydrogen-bond acceptors (Lipinski definition) is 3. The van der Waals surface area contributed by atoms with E-state index in [9.17, 15) is 14.0 Å². The van der Waals surface area contributed by atoms with Crippen molar-refractivity contribution in [2.24, 2.45) is 13.0 Å². The summed E-state index contributed by atoms with van der Waals surface area (Å²) in [5.41, 5.74) is 4.17. The maximum atomic E-state index is 13.3. The molecule has 3 aromatic rings. The van der Waals surface area contributed by atoms with Crippen molar-refractivity contribution in [3.63, 3.8) is 0 Å². The summed E-state index contributed by atoms with van der Waals surface area (Å²) >= 11 is 0. The van der Waals surface area contributed by atoms with E-state index in [4.69, 9.17) is 4.98 Å². The van der Waals surface area contributed by atoms with Gasteiger partial charge in [0.25, 0.3) is 5.56 Å². The van der Waals surface area contributed by atoms with Crippen molar-refractivity contribution in [3.05, 3.63) is 76.0 Å². The molecule has 1 atom stereocenters. The summed E-state index contributed by atoms with van der Waals surface area (Å²) in [6, 6.07) is 14.2. The van der Waals surface area contributed by atoms with Crippen molar-refractivity contribution in [1.29, 1.82) is 0 Å². The zero-order valence-electron chi connectivity index (χ0n) is 18.3. The summed E-state index contributed by atoms with van der Waals surface area (Å²) in [5, 5.41) is 0. The zero-order valence-corrected chi connectivity index (χ0v) is 18.3. The van der Waals surface area contributed by atoms with Gasteiger partial charge in [-0.2, -0.15) is 0 Å². The van der Waals surface area contributed by atoms with Crippen LogP contribution in [0.1, 0.15) is 36.4 Å². The molecule has 0 spiro atoms. The van der Waals surface area contributed by atoms with Gasteiger partial charge in [0.15, 0.2) is 0 Å². The third-order valence-corrected chi connectivity index (χ3v) is 6.67. The van der Waals surface area contributed by atoms with Crippen LogP contribution in [0.5, 0.6) is 0 Å². The van der Waals surface area contributed by atoms with Crippen LogP contribution in [0.4, 0.5) is 4.39 Å². The van der Waals surface area contributed by atoms with E-state index in [1.54, 1.807) is 23.7 Å². The first-order valence-corrected chi connectivity index (χ1v) is 11.1. The van der Waals surface area contributed by atoms with Gasteiger partial charge < -0.3 is 4.90 Å². The van der Waals surface area contributed by atoms with Gasteiger partial charge in [0.1, 0.15) is 11.6 Å². The number of rotatable bonds is 4. The van der Waals surface area contributed by atoms with Crippen LogP contribution < -0.4 is 5.56 Å². The summed E-state index contributed by atoms with van der Waals surface area (Å²) in [6.45, 7) is 3.21. The maximum Gasteiger partial charge on any atom is 0.257 e. The number of aromatic nitrogens is 2. The molecular weight excluding hydrogens is 405 g/mol. The predicted octanol–water partition coefficient (Wildman–Crippen LogP) is 4.29. The summed E-state index contributed by atoms with van der Waals surface area (Å²) in [5.74, 6) is 0.843. The Bertz CT molecular complexity index is 1230. The Morgan fingerprint density at radius 1 is 0.969 bits per heavy atom. The fourth-order valence-electron chi connectivity index (χ4n) is 4.69. The first kappa shape index (κ1) is 20.6. The van der Waals surface area contributed by atoms with Gasteiger partial charge in [-0.1, -0.05) is 36.4 Å². The molecule has 1 aromatic heterocycles. The van der Waals surface area contributed by atoms with Gasteiger partial charge in [0, 0.05) is 48.8 Å². The number of aryl methyl sites for hydroxylation is 1. The zero-order chi connectivity index (χ0) is 22.4. The normalized spacial score (nSPS) is 18.2. The second kappa shape index (κ2) is 8.01. The lowest BCUT2D eigenvalue weighted by Crippen LogP contribution is -2.32. The van der Waals surface area contributed by atoms with Crippen LogP contribution in [0.3, 0.4) is 0 Å². The van der Waals surface area contributed by atoms with E-state index in [2.05, 4.69) is 0 Å². The third kappa shape index (κ3) is 3.74. The molecular formula is C26H26FN3O2. The summed E-state index contributed by atoms with van der Waals surface area (Å²) in [7, 11) is 1.75. The van der Waals surface area contributed by atoms with Crippen molar-refractivity contribution < 1.29 is 9.18 Å². The number of benzene rings is 2. The minimum Gasteiger partial charge on any atom is -0.342 e. The highest BCUT2D eigenvalue weighted by atomic mass is 19.1. The van der Waals surface area contributed by atoms with E-state index in [1.807, 2.05) is 36.1 Å². The van der Waals surface area contributed by atoms with E-state index in [-0.39, 0.29) is 29.1 Å². The number of nitrogens with zero attached hydrogens (tertiary/aromatic N) is 3. The molecule has 5 nitrogen and oxygen atoms in total. The topological polar surface area (TPSA) is 55.2 Å². The van der Waals surface area contributed by atoms with Gasteiger partial charge in [0.05, 0.1) is 0 Å². The molecule has 2 fully saturated rings. The number of carbonyl (C=O) groups excluding carboxylic acids is 1. The Hall–Kier alpha value is -3.28. The Kier molecular flexibility index (Phi) is 5.16. The third-order valence-electron chi connectivity index (χ3n) is 6.67. The first-order chi connectivity index (χ1) is 15.4. The Morgan fingerprint density at radius 3 is 2.19 bits per heavy atom. The lowest BCUT2D eigenvalue weighted by Gasteiger charge is -2.18. The highest BCUT2D eigenvalue weighted by Gasteiger charge is 2.38. The van der Waals surface area contributed by atoms with Gasteiger partial charge in [-0.05, 0) is 49.4 Å². The van der Waals surface area contributed by atoms with Crippen molar-refractivity contribution in [1.82, 2.24) is 14.5 Å². The van der Waals surface area contributed by atoms with Gasteiger partial charge in [-0.25, -0.2) is 9.37 Å².